The Bertz CT molecular complexity index is 801. The van der Waals surface area contributed by atoms with E-state index in [0.29, 0.717) is 22.8 Å². The summed E-state index contributed by atoms with van der Waals surface area (Å²) < 4.78 is 12.5. The van der Waals surface area contributed by atoms with Gasteiger partial charge in [-0.15, -0.1) is 0 Å². The van der Waals surface area contributed by atoms with Gasteiger partial charge >= 0.3 is 5.97 Å². The van der Waals surface area contributed by atoms with E-state index in [9.17, 15) is 4.79 Å². The molecule has 6 heteroatoms. The molecule has 0 spiro atoms. The van der Waals surface area contributed by atoms with Crippen molar-refractivity contribution in [3.63, 3.8) is 0 Å². The van der Waals surface area contributed by atoms with E-state index < -0.39 is 5.97 Å². The Labute approximate surface area is 114 Å². The number of hydrogen-bond donors (Lipinski definition) is 1. The number of carboxylic acids is 1. The molecule has 6 nitrogen and oxygen atoms in total. The van der Waals surface area contributed by atoms with E-state index in [2.05, 4.69) is 5.10 Å². The molecule has 0 unspecified atom stereocenters. The Kier molecular flexibility index (Phi) is 2.71. The van der Waals surface area contributed by atoms with Crippen LogP contribution in [0.25, 0.3) is 22.4 Å². The molecule has 0 radical (unpaired) electrons. The zero-order chi connectivity index (χ0) is 14.3. The molecule has 102 valence electrons. The molecule has 3 aromatic rings. The van der Waals surface area contributed by atoms with E-state index in [0.717, 1.165) is 5.39 Å². The third kappa shape index (κ3) is 1.82. The van der Waals surface area contributed by atoms with Crippen LogP contribution in [0.4, 0.5) is 0 Å². The first-order chi connectivity index (χ1) is 9.60. The molecule has 0 fully saturated rings. The van der Waals surface area contributed by atoms with Gasteiger partial charge in [0.2, 0.25) is 0 Å². The minimum atomic E-state index is -1.07. The maximum Gasteiger partial charge on any atom is 0.356 e. The number of rotatable bonds is 3. The molecule has 2 aromatic heterocycles. The topological polar surface area (TPSA) is 77.5 Å². The van der Waals surface area contributed by atoms with Gasteiger partial charge < -0.3 is 14.3 Å². The lowest BCUT2D eigenvalue weighted by Crippen LogP contribution is -1.99. The maximum absolute atomic E-state index is 10.9. The second-order valence-corrected chi connectivity index (χ2v) is 4.33. The summed E-state index contributed by atoms with van der Waals surface area (Å²) in [5, 5.41) is 13.8. The minimum absolute atomic E-state index is 0.0186. The van der Waals surface area contributed by atoms with Crippen molar-refractivity contribution in [3.8, 4) is 17.2 Å². The predicted octanol–water partition coefficient (Wildman–Crippen LogP) is 2.54. The van der Waals surface area contributed by atoms with E-state index in [-0.39, 0.29) is 5.69 Å². The van der Waals surface area contributed by atoms with Crippen molar-refractivity contribution >= 4 is 16.9 Å². The van der Waals surface area contributed by atoms with E-state index in [1.54, 1.807) is 14.2 Å². The van der Waals surface area contributed by atoms with Crippen LogP contribution in [0.5, 0.6) is 5.75 Å². The van der Waals surface area contributed by atoms with E-state index >= 15 is 0 Å². The third-order valence-corrected chi connectivity index (χ3v) is 3.08. The first kappa shape index (κ1) is 12.3. The van der Waals surface area contributed by atoms with Gasteiger partial charge in [-0.2, -0.15) is 5.10 Å². The predicted molar refractivity (Wildman–Crippen MR) is 71.9 cm³/mol. The van der Waals surface area contributed by atoms with Crippen LogP contribution in [-0.2, 0) is 7.05 Å². The molecule has 20 heavy (non-hydrogen) atoms. The highest BCUT2D eigenvalue weighted by molar-refractivity contribution is 5.89. The maximum atomic E-state index is 10.9. The van der Waals surface area contributed by atoms with Crippen LogP contribution in [0.3, 0.4) is 0 Å². The highest BCUT2D eigenvalue weighted by Crippen LogP contribution is 2.33. The zero-order valence-electron chi connectivity index (χ0n) is 11.0. The molecule has 0 amide bonds. The Hall–Kier alpha value is -2.76. The molecule has 0 aliphatic carbocycles. The first-order valence-electron chi connectivity index (χ1n) is 5.94. The lowest BCUT2D eigenvalue weighted by Gasteiger charge is -1.99. The molecule has 0 aliphatic heterocycles. The Morgan fingerprint density at radius 3 is 2.85 bits per heavy atom. The van der Waals surface area contributed by atoms with Crippen molar-refractivity contribution in [2.45, 2.75) is 0 Å². The van der Waals surface area contributed by atoms with Crippen molar-refractivity contribution in [1.29, 1.82) is 0 Å². The van der Waals surface area contributed by atoms with E-state index in [1.807, 2.05) is 24.3 Å². The average molecular weight is 272 g/mol. The summed E-state index contributed by atoms with van der Waals surface area (Å²) in [6, 6.07) is 8.89. The van der Waals surface area contributed by atoms with Crippen LogP contribution in [0.15, 0.2) is 34.7 Å². The quantitative estimate of drug-likeness (QED) is 0.792. The number of hydrogen-bond acceptors (Lipinski definition) is 4. The van der Waals surface area contributed by atoms with Gasteiger partial charge in [0.15, 0.2) is 22.8 Å². The number of carboxylic acid groups (broad SMARTS) is 1. The van der Waals surface area contributed by atoms with Gasteiger partial charge in [-0.05, 0) is 12.1 Å². The van der Waals surface area contributed by atoms with Crippen LogP contribution in [-0.4, -0.2) is 28.0 Å². The van der Waals surface area contributed by atoms with Crippen molar-refractivity contribution < 1.29 is 19.1 Å². The number of carbonyl (C=O) groups is 1. The standard InChI is InChI=1S/C14H12N2O4/c1-16-10(7-9(15-16)14(17)18)12-6-8-4-3-5-11(19-2)13(8)20-12/h3-7H,1-2H3,(H,17,18). The van der Waals surface area contributed by atoms with Gasteiger partial charge in [-0.3, -0.25) is 4.68 Å². The van der Waals surface area contributed by atoms with Gasteiger partial charge in [0.25, 0.3) is 0 Å². The van der Waals surface area contributed by atoms with Crippen molar-refractivity contribution in [1.82, 2.24) is 9.78 Å². The van der Waals surface area contributed by atoms with Gasteiger partial charge in [0.1, 0.15) is 5.69 Å². The number of para-hydroxylation sites is 1. The number of aromatic carboxylic acids is 1. The summed E-state index contributed by atoms with van der Waals surface area (Å²) in [5.74, 6) is 0.113. The number of methoxy groups -OCH3 is 1. The highest BCUT2D eigenvalue weighted by atomic mass is 16.5. The minimum Gasteiger partial charge on any atom is -0.493 e. The van der Waals surface area contributed by atoms with Crippen LogP contribution < -0.4 is 4.74 Å². The number of aryl methyl sites for hydroxylation is 1. The van der Waals surface area contributed by atoms with E-state index in [1.165, 1.54) is 10.7 Å². The molecule has 0 bridgehead atoms. The lowest BCUT2D eigenvalue weighted by atomic mass is 10.2. The molecular formula is C14H12N2O4. The summed E-state index contributed by atoms with van der Waals surface area (Å²) in [4.78, 5) is 10.9. The SMILES string of the molecule is COc1cccc2cc(-c3cc(C(=O)O)nn3C)oc12. The molecule has 1 N–H and O–H groups in total. The molecule has 0 atom stereocenters. The fourth-order valence-corrected chi connectivity index (χ4v) is 2.13. The Morgan fingerprint density at radius 1 is 1.40 bits per heavy atom. The monoisotopic (exact) mass is 272 g/mol. The van der Waals surface area contributed by atoms with Gasteiger partial charge in [0, 0.05) is 18.5 Å². The van der Waals surface area contributed by atoms with Crippen LogP contribution in [0.1, 0.15) is 10.5 Å². The summed E-state index contributed by atoms with van der Waals surface area (Å²) in [6.45, 7) is 0. The number of aromatic nitrogens is 2. The molecular weight excluding hydrogens is 260 g/mol. The normalized spacial score (nSPS) is 10.9. The molecule has 2 heterocycles. The highest BCUT2D eigenvalue weighted by Gasteiger charge is 2.17. The van der Waals surface area contributed by atoms with Gasteiger partial charge in [-0.25, -0.2) is 4.79 Å². The summed E-state index contributed by atoms with van der Waals surface area (Å²) in [6.07, 6.45) is 0. The van der Waals surface area contributed by atoms with E-state index in [4.69, 9.17) is 14.3 Å². The first-order valence-corrected chi connectivity index (χ1v) is 5.94. The summed E-state index contributed by atoms with van der Waals surface area (Å²) in [7, 11) is 3.25. The largest absolute Gasteiger partial charge is 0.493 e. The number of furan rings is 1. The van der Waals surface area contributed by atoms with Crippen LogP contribution >= 0.6 is 0 Å². The molecule has 0 aliphatic rings. The molecule has 1 aromatic carbocycles. The third-order valence-electron chi connectivity index (χ3n) is 3.08. The molecule has 0 saturated carbocycles. The Morgan fingerprint density at radius 2 is 2.20 bits per heavy atom. The number of benzene rings is 1. The van der Waals surface area contributed by atoms with Crippen molar-refractivity contribution in [3.05, 3.63) is 36.0 Å². The Balaban J connectivity index is 2.17. The van der Waals surface area contributed by atoms with Crippen molar-refractivity contribution in [2.24, 2.45) is 7.05 Å². The zero-order valence-corrected chi connectivity index (χ0v) is 11.0. The summed E-state index contributed by atoms with van der Waals surface area (Å²) in [5.41, 5.74) is 1.21. The number of fused-ring (bicyclic) bond motifs is 1. The summed E-state index contributed by atoms with van der Waals surface area (Å²) >= 11 is 0. The van der Waals surface area contributed by atoms with Gasteiger partial charge in [0.05, 0.1) is 7.11 Å². The molecule has 3 rings (SSSR count). The fourth-order valence-electron chi connectivity index (χ4n) is 2.13. The van der Waals surface area contributed by atoms with Crippen LogP contribution in [0.2, 0.25) is 0 Å². The van der Waals surface area contributed by atoms with Gasteiger partial charge in [-0.1, -0.05) is 12.1 Å². The molecule has 0 saturated heterocycles. The van der Waals surface area contributed by atoms with Crippen LogP contribution in [0, 0.1) is 0 Å². The lowest BCUT2D eigenvalue weighted by molar-refractivity contribution is 0.0689. The smallest absolute Gasteiger partial charge is 0.356 e. The second kappa shape index (κ2) is 4.41. The average Bonchev–Trinajstić information content (AvgIpc) is 3.01. The number of nitrogens with zero attached hydrogens (tertiary/aromatic N) is 2. The fraction of sp³-hybridized carbons (Fsp3) is 0.143. The second-order valence-electron chi connectivity index (χ2n) is 4.33. The number of ether oxygens (including phenoxy) is 1. The van der Waals surface area contributed by atoms with Crippen molar-refractivity contribution in [2.75, 3.05) is 7.11 Å².